The molecule has 1 saturated carbocycles. The second kappa shape index (κ2) is 11.7. The predicted molar refractivity (Wildman–Crippen MR) is 130 cm³/mol. The van der Waals surface area contributed by atoms with Crippen LogP contribution in [0.5, 0.6) is 5.75 Å². The molecule has 0 unspecified atom stereocenters. The number of methoxy groups -OCH3 is 1. The number of fused-ring (bicyclic) bond motifs is 1. The van der Waals surface area contributed by atoms with E-state index in [2.05, 4.69) is 36.4 Å². The minimum Gasteiger partial charge on any atom is -0.491 e. The number of hydrogen-bond donors (Lipinski definition) is 2. The summed E-state index contributed by atoms with van der Waals surface area (Å²) in [5, 5.41) is 5.95. The molecule has 1 aromatic rings. The van der Waals surface area contributed by atoms with Crippen LogP contribution in [-0.4, -0.2) is 80.8 Å². The van der Waals surface area contributed by atoms with Crippen LogP contribution in [0.3, 0.4) is 0 Å². The van der Waals surface area contributed by atoms with Crippen LogP contribution >= 0.6 is 0 Å². The van der Waals surface area contributed by atoms with Crippen molar-refractivity contribution in [3.05, 3.63) is 23.8 Å². The second-order valence-corrected chi connectivity index (χ2v) is 9.68. The Bertz CT molecular complexity index is 812. The number of carbonyl (C=O) groups is 2. The Morgan fingerprint density at radius 1 is 1.12 bits per heavy atom. The molecule has 3 atom stereocenters. The Labute approximate surface area is 198 Å². The van der Waals surface area contributed by atoms with Crippen molar-refractivity contribution in [2.45, 2.75) is 64.1 Å². The number of carbonyl (C=O) groups excluding carboxylic acids is 2. The molecule has 2 aliphatic rings. The third-order valence-electron chi connectivity index (χ3n) is 6.95. The first-order chi connectivity index (χ1) is 15.8. The van der Waals surface area contributed by atoms with Crippen molar-refractivity contribution in [2.24, 2.45) is 5.92 Å². The lowest BCUT2D eigenvalue weighted by Gasteiger charge is -2.34. The van der Waals surface area contributed by atoms with Gasteiger partial charge in [0.2, 0.25) is 0 Å². The van der Waals surface area contributed by atoms with E-state index in [9.17, 15) is 9.59 Å². The predicted octanol–water partition coefficient (Wildman–Crippen LogP) is 3.58. The fourth-order valence-corrected chi connectivity index (χ4v) is 4.63. The molecule has 1 fully saturated rings. The van der Waals surface area contributed by atoms with Crippen LogP contribution in [0.1, 0.15) is 56.3 Å². The normalized spacial score (nSPS) is 25.9. The Hall–Kier alpha value is -2.32. The zero-order valence-electron chi connectivity index (χ0n) is 20.7. The van der Waals surface area contributed by atoms with Crippen LogP contribution in [0.4, 0.5) is 10.5 Å². The number of nitrogens with zero attached hydrogens (tertiary/aromatic N) is 2. The minimum atomic E-state index is -0.236. The van der Waals surface area contributed by atoms with Crippen LogP contribution < -0.4 is 15.4 Å². The van der Waals surface area contributed by atoms with Crippen molar-refractivity contribution in [2.75, 3.05) is 46.2 Å². The van der Waals surface area contributed by atoms with Crippen LogP contribution in [0.2, 0.25) is 0 Å². The number of benzene rings is 1. The van der Waals surface area contributed by atoms with E-state index in [0.717, 1.165) is 32.2 Å². The van der Waals surface area contributed by atoms with Gasteiger partial charge in [0, 0.05) is 45.0 Å². The van der Waals surface area contributed by atoms with Gasteiger partial charge in [0.1, 0.15) is 12.4 Å². The van der Waals surface area contributed by atoms with E-state index in [-0.39, 0.29) is 36.0 Å². The SMILES string of the molecule is CO[C@H]1CN(C)C(=O)c2cc(NC(=O)NC3CCCCC3)ccc2OC[C@H](C)N(C)C[C@H]1C. The standard InChI is InChI=1S/C25H40N4O4/c1-17-14-28(3)18(2)16-33-22-12-11-20(27-25(31)26-19-9-7-6-8-10-19)13-21(22)24(30)29(4)15-23(17)32-5/h11-13,17-19,23H,6-10,14-16H2,1-5H3,(H2,26,27,31)/t17-,18+,23+/m1/s1. The van der Waals surface area contributed by atoms with Gasteiger partial charge < -0.3 is 25.0 Å². The number of hydrogen-bond acceptors (Lipinski definition) is 5. The molecule has 0 spiro atoms. The van der Waals surface area contributed by atoms with E-state index in [1.165, 1.54) is 6.42 Å². The monoisotopic (exact) mass is 460 g/mol. The zero-order chi connectivity index (χ0) is 24.0. The zero-order valence-corrected chi connectivity index (χ0v) is 20.7. The van der Waals surface area contributed by atoms with Gasteiger partial charge in [0.25, 0.3) is 5.91 Å². The maximum absolute atomic E-state index is 13.4. The number of nitrogens with one attached hydrogen (secondary N) is 2. The molecule has 33 heavy (non-hydrogen) atoms. The molecule has 0 saturated heterocycles. The van der Waals surface area contributed by atoms with Gasteiger partial charge in [-0.3, -0.25) is 9.69 Å². The fourth-order valence-electron chi connectivity index (χ4n) is 4.63. The highest BCUT2D eigenvalue weighted by molar-refractivity contribution is 5.99. The third-order valence-corrected chi connectivity index (χ3v) is 6.95. The largest absolute Gasteiger partial charge is 0.491 e. The molecule has 8 nitrogen and oxygen atoms in total. The van der Waals surface area contributed by atoms with Gasteiger partial charge >= 0.3 is 6.03 Å². The van der Waals surface area contributed by atoms with E-state index in [1.54, 1.807) is 37.3 Å². The maximum Gasteiger partial charge on any atom is 0.319 e. The fraction of sp³-hybridized carbons (Fsp3) is 0.680. The minimum absolute atomic E-state index is 0.0834. The van der Waals surface area contributed by atoms with Crippen LogP contribution in [0.25, 0.3) is 0 Å². The highest BCUT2D eigenvalue weighted by atomic mass is 16.5. The summed E-state index contributed by atoms with van der Waals surface area (Å²) in [5.74, 6) is 0.609. The van der Waals surface area contributed by atoms with E-state index in [0.29, 0.717) is 30.2 Å². The summed E-state index contributed by atoms with van der Waals surface area (Å²) in [7, 11) is 5.55. The number of anilines is 1. The average molecular weight is 461 g/mol. The lowest BCUT2D eigenvalue weighted by molar-refractivity contribution is 0.0150. The summed E-state index contributed by atoms with van der Waals surface area (Å²) in [6.07, 6.45) is 5.48. The molecule has 1 aromatic carbocycles. The summed E-state index contributed by atoms with van der Waals surface area (Å²) in [6.45, 7) is 6.03. The van der Waals surface area contributed by atoms with E-state index in [1.807, 2.05) is 0 Å². The molecular weight excluding hydrogens is 420 g/mol. The van der Waals surface area contributed by atoms with Crippen molar-refractivity contribution in [1.82, 2.24) is 15.1 Å². The molecule has 8 heteroatoms. The van der Waals surface area contributed by atoms with E-state index >= 15 is 0 Å². The highest BCUT2D eigenvalue weighted by Crippen LogP contribution is 2.26. The molecule has 2 N–H and O–H groups in total. The molecule has 0 radical (unpaired) electrons. The maximum atomic E-state index is 13.4. The number of rotatable bonds is 3. The number of ether oxygens (including phenoxy) is 2. The summed E-state index contributed by atoms with van der Waals surface area (Å²) in [4.78, 5) is 29.8. The first kappa shape index (κ1) is 25.3. The summed E-state index contributed by atoms with van der Waals surface area (Å²) in [5.41, 5.74) is 1.01. The number of urea groups is 1. The second-order valence-electron chi connectivity index (χ2n) is 9.68. The van der Waals surface area contributed by atoms with Gasteiger partial charge in [-0.15, -0.1) is 0 Å². The molecule has 184 valence electrons. The van der Waals surface area contributed by atoms with Crippen LogP contribution in [0.15, 0.2) is 18.2 Å². The van der Waals surface area contributed by atoms with E-state index in [4.69, 9.17) is 9.47 Å². The third kappa shape index (κ3) is 6.84. The molecule has 1 heterocycles. The molecular formula is C25H40N4O4. The molecule has 3 amide bonds. The molecule has 3 rings (SSSR count). The lowest BCUT2D eigenvalue weighted by Crippen LogP contribution is -2.45. The van der Waals surface area contributed by atoms with Gasteiger partial charge in [0.15, 0.2) is 0 Å². The Kier molecular flexibility index (Phi) is 8.97. The van der Waals surface area contributed by atoms with E-state index < -0.39 is 0 Å². The van der Waals surface area contributed by atoms with Crippen molar-refractivity contribution in [1.29, 1.82) is 0 Å². The molecule has 0 aromatic heterocycles. The first-order valence-corrected chi connectivity index (χ1v) is 12.1. The topological polar surface area (TPSA) is 83.1 Å². The Morgan fingerprint density at radius 3 is 2.55 bits per heavy atom. The smallest absolute Gasteiger partial charge is 0.319 e. The summed E-state index contributed by atoms with van der Waals surface area (Å²) >= 11 is 0. The van der Waals surface area contributed by atoms with Crippen molar-refractivity contribution in [3.63, 3.8) is 0 Å². The highest BCUT2D eigenvalue weighted by Gasteiger charge is 2.27. The summed E-state index contributed by atoms with van der Waals surface area (Å²) < 4.78 is 11.8. The van der Waals surface area contributed by atoms with Gasteiger partial charge in [-0.2, -0.15) is 0 Å². The quantitative estimate of drug-likeness (QED) is 0.721. The van der Waals surface area contributed by atoms with Crippen molar-refractivity contribution < 1.29 is 19.1 Å². The number of likely N-dealkylation sites (N-methyl/N-ethyl adjacent to an activating group) is 2. The average Bonchev–Trinajstić information content (AvgIpc) is 2.80. The van der Waals surface area contributed by atoms with Crippen molar-refractivity contribution >= 4 is 17.6 Å². The van der Waals surface area contributed by atoms with Gasteiger partial charge in [0.05, 0.1) is 11.7 Å². The summed E-state index contributed by atoms with van der Waals surface area (Å²) in [6, 6.07) is 5.41. The lowest BCUT2D eigenvalue weighted by atomic mass is 9.96. The molecule has 1 aliphatic carbocycles. The molecule has 1 aliphatic heterocycles. The van der Waals surface area contributed by atoms with Gasteiger partial charge in [-0.05, 0) is 50.9 Å². The Balaban J connectivity index is 1.80. The number of amides is 3. The van der Waals surface area contributed by atoms with Crippen LogP contribution in [0, 0.1) is 5.92 Å². The first-order valence-electron chi connectivity index (χ1n) is 12.1. The van der Waals surface area contributed by atoms with Crippen molar-refractivity contribution in [3.8, 4) is 5.75 Å². The molecule has 0 bridgehead atoms. The van der Waals surface area contributed by atoms with Crippen LogP contribution in [-0.2, 0) is 4.74 Å². The Morgan fingerprint density at radius 2 is 1.85 bits per heavy atom. The van der Waals surface area contributed by atoms with Gasteiger partial charge in [-0.1, -0.05) is 26.2 Å². The van der Waals surface area contributed by atoms with Gasteiger partial charge in [-0.25, -0.2) is 4.79 Å².